The zero-order valence-electron chi connectivity index (χ0n) is 11.0. The summed E-state index contributed by atoms with van der Waals surface area (Å²) < 4.78 is 28.5. The maximum Gasteiger partial charge on any atom is 0.264 e. The van der Waals surface area contributed by atoms with Crippen molar-refractivity contribution in [2.45, 2.75) is 18.4 Å². The molecule has 0 amide bonds. The first-order chi connectivity index (χ1) is 9.83. The van der Waals surface area contributed by atoms with E-state index in [2.05, 4.69) is 41.6 Å². The number of aryl methyl sites for hydroxylation is 1. The van der Waals surface area contributed by atoms with E-state index in [9.17, 15) is 8.42 Å². The molecule has 0 aliphatic carbocycles. The van der Waals surface area contributed by atoms with Crippen LogP contribution in [0.1, 0.15) is 11.1 Å². The number of aliphatic hydroxyl groups excluding tert-OH is 1. The van der Waals surface area contributed by atoms with Gasteiger partial charge in [0.15, 0.2) is 0 Å². The largest absolute Gasteiger partial charge is 0.392 e. The van der Waals surface area contributed by atoms with Crippen molar-refractivity contribution < 1.29 is 13.5 Å². The van der Waals surface area contributed by atoms with Crippen LogP contribution in [0.3, 0.4) is 0 Å². The Balaban J connectivity index is 2.43. The first-order valence-corrected chi connectivity index (χ1v) is 8.94. The zero-order valence-corrected chi connectivity index (χ0v) is 15.0. The van der Waals surface area contributed by atoms with Gasteiger partial charge in [0.2, 0.25) is 0 Å². The Morgan fingerprint density at radius 3 is 2.62 bits per heavy atom. The zero-order chi connectivity index (χ0) is 15.6. The van der Waals surface area contributed by atoms with Gasteiger partial charge in [0.05, 0.1) is 6.61 Å². The predicted octanol–water partition coefficient (Wildman–Crippen LogP) is 3.21. The van der Waals surface area contributed by atoms with Crippen molar-refractivity contribution in [2.75, 3.05) is 4.72 Å². The van der Waals surface area contributed by atoms with Gasteiger partial charge in [-0.1, -0.05) is 6.07 Å². The third-order valence-electron chi connectivity index (χ3n) is 2.74. The molecule has 0 saturated carbocycles. The van der Waals surface area contributed by atoms with Gasteiger partial charge >= 0.3 is 0 Å². The normalized spacial score (nSPS) is 11.4. The van der Waals surface area contributed by atoms with Crippen LogP contribution in [0.2, 0.25) is 0 Å². The molecule has 0 saturated heterocycles. The Labute approximate surface area is 139 Å². The predicted molar refractivity (Wildman–Crippen MR) is 87.5 cm³/mol. The molecule has 2 N–H and O–H groups in total. The molecule has 112 valence electrons. The van der Waals surface area contributed by atoms with Crippen LogP contribution in [0.4, 0.5) is 5.82 Å². The first kappa shape index (κ1) is 16.4. The lowest BCUT2D eigenvalue weighted by Gasteiger charge is -2.12. The lowest BCUT2D eigenvalue weighted by Crippen LogP contribution is -2.15. The molecule has 0 bridgehead atoms. The van der Waals surface area contributed by atoms with E-state index in [1.165, 1.54) is 12.3 Å². The van der Waals surface area contributed by atoms with Crippen LogP contribution in [0, 0.1) is 6.92 Å². The van der Waals surface area contributed by atoms with Crippen molar-refractivity contribution in [3.8, 4) is 0 Å². The Morgan fingerprint density at radius 1 is 1.29 bits per heavy atom. The molecule has 0 spiro atoms. The molecule has 21 heavy (non-hydrogen) atoms. The van der Waals surface area contributed by atoms with E-state index in [1.807, 2.05) is 0 Å². The molecule has 0 aliphatic rings. The first-order valence-electron chi connectivity index (χ1n) is 5.88. The summed E-state index contributed by atoms with van der Waals surface area (Å²) in [5, 5.41) is 9.13. The number of sulfonamides is 1. The van der Waals surface area contributed by atoms with Crippen molar-refractivity contribution in [3.63, 3.8) is 0 Å². The third-order valence-corrected chi connectivity index (χ3v) is 5.51. The summed E-state index contributed by atoms with van der Waals surface area (Å²) >= 11 is 6.49. The van der Waals surface area contributed by atoms with Crippen LogP contribution in [0.25, 0.3) is 0 Å². The number of hydrogen-bond acceptors (Lipinski definition) is 4. The van der Waals surface area contributed by atoms with Crippen LogP contribution >= 0.6 is 31.9 Å². The van der Waals surface area contributed by atoms with E-state index in [0.717, 1.165) is 4.47 Å². The summed E-state index contributed by atoms with van der Waals surface area (Å²) in [6, 6.07) is 6.42. The Kier molecular flexibility index (Phi) is 5.03. The van der Waals surface area contributed by atoms with Gasteiger partial charge < -0.3 is 5.11 Å². The van der Waals surface area contributed by atoms with E-state index >= 15 is 0 Å². The highest BCUT2D eigenvalue weighted by atomic mass is 79.9. The molecule has 1 aromatic heterocycles. The molecule has 2 rings (SSSR count). The van der Waals surface area contributed by atoms with Crippen molar-refractivity contribution in [3.05, 3.63) is 50.5 Å². The molecule has 1 aromatic carbocycles. The van der Waals surface area contributed by atoms with Gasteiger partial charge in [-0.25, -0.2) is 13.4 Å². The number of aromatic nitrogens is 1. The Morgan fingerprint density at radius 2 is 2.00 bits per heavy atom. The van der Waals surface area contributed by atoms with Crippen LogP contribution < -0.4 is 4.72 Å². The minimum Gasteiger partial charge on any atom is -0.392 e. The van der Waals surface area contributed by atoms with Gasteiger partial charge in [0.1, 0.15) is 10.7 Å². The average Bonchev–Trinajstić information content (AvgIpc) is 2.42. The van der Waals surface area contributed by atoms with Crippen LogP contribution in [0.15, 0.2) is 44.3 Å². The average molecular weight is 436 g/mol. The monoisotopic (exact) mass is 434 g/mol. The summed E-state index contributed by atoms with van der Waals surface area (Å²) in [5.41, 5.74) is 1.21. The lowest BCUT2D eigenvalue weighted by atomic mass is 10.2. The Hall–Kier alpha value is -0.960. The molecule has 0 unspecified atom stereocenters. The van der Waals surface area contributed by atoms with Crippen LogP contribution in [0.5, 0.6) is 0 Å². The molecule has 1 heterocycles. The third kappa shape index (κ3) is 3.82. The molecule has 0 radical (unpaired) electrons. The number of pyridine rings is 1. The van der Waals surface area contributed by atoms with Gasteiger partial charge in [-0.15, -0.1) is 0 Å². The standard InChI is InChI=1S/C13H12Br2N2O3S/c1-8-4-10(14)6-16-13(8)17-21(19,20)12-5-9(7-18)2-3-11(12)15/h2-6,18H,7H2,1H3,(H,16,17). The minimum absolute atomic E-state index is 0.0539. The summed E-state index contributed by atoms with van der Waals surface area (Å²) in [6.07, 6.45) is 1.52. The number of halogens is 2. The van der Waals surface area contributed by atoms with E-state index in [-0.39, 0.29) is 17.3 Å². The van der Waals surface area contributed by atoms with Crippen LogP contribution in [-0.4, -0.2) is 18.5 Å². The number of hydrogen-bond donors (Lipinski definition) is 2. The highest BCUT2D eigenvalue weighted by Gasteiger charge is 2.19. The fraction of sp³-hybridized carbons (Fsp3) is 0.154. The lowest BCUT2D eigenvalue weighted by molar-refractivity contribution is 0.281. The molecule has 8 heteroatoms. The van der Waals surface area contributed by atoms with Crippen molar-refractivity contribution in [1.82, 2.24) is 4.98 Å². The maximum absolute atomic E-state index is 12.5. The second-order valence-electron chi connectivity index (χ2n) is 4.35. The van der Waals surface area contributed by atoms with Gasteiger partial charge in [0.25, 0.3) is 10.0 Å². The fourth-order valence-corrected chi connectivity index (χ4v) is 4.22. The number of rotatable bonds is 4. The number of aliphatic hydroxyl groups is 1. The summed E-state index contributed by atoms with van der Waals surface area (Å²) in [4.78, 5) is 4.11. The molecule has 0 atom stereocenters. The molecule has 2 aromatic rings. The Bertz CT molecular complexity index is 779. The van der Waals surface area contributed by atoms with E-state index in [1.54, 1.807) is 25.1 Å². The summed E-state index contributed by atoms with van der Waals surface area (Å²) in [7, 11) is -3.80. The number of benzene rings is 1. The molecule has 0 aliphatic heterocycles. The van der Waals surface area contributed by atoms with Gasteiger partial charge in [-0.05, 0) is 68.1 Å². The summed E-state index contributed by atoms with van der Waals surface area (Å²) in [5.74, 6) is 0.263. The molecular formula is C13H12Br2N2O3S. The number of nitrogens with zero attached hydrogens (tertiary/aromatic N) is 1. The summed E-state index contributed by atoms with van der Waals surface area (Å²) in [6.45, 7) is 1.53. The van der Waals surface area contributed by atoms with Crippen molar-refractivity contribution >= 4 is 47.7 Å². The quantitative estimate of drug-likeness (QED) is 0.772. The highest BCUT2D eigenvalue weighted by Crippen LogP contribution is 2.26. The van der Waals surface area contributed by atoms with Gasteiger partial charge in [-0.2, -0.15) is 0 Å². The SMILES string of the molecule is Cc1cc(Br)cnc1NS(=O)(=O)c1cc(CO)ccc1Br. The molecular weight excluding hydrogens is 424 g/mol. The van der Waals surface area contributed by atoms with Crippen molar-refractivity contribution in [1.29, 1.82) is 0 Å². The maximum atomic E-state index is 12.5. The molecule has 0 fully saturated rings. The van der Waals surface area contributed by atoms with Gasteiger partial charge in [0, 0.05) is 15.1 Å². The topological polar surface area (TPSA) is 79.3 Å². The van der Waals surface area contributed by atoms with Crippen molar-refractivity contribution in [2.24, 2.45) is 0 Å². The van der Waals surface area contributed by atoms with E-state index in [4.69, 9.17) is 5.11 Å². The number of nitrogens with one attached hydrogen (secondary N) is 1. The smallest absolute Gasteiger partial charge is 0.264 e. The number of anilines is 1. The highest BCUT2D eigenvalue weighted by molar-refractivity contribution is 9.10. The van der Waals surface area contributed by atoms with E-state index in [0.29, 0.717) is 15.6 Å². The van der Waals surface area contributed by atoms with E-state index < -0.39 is 10.0 Å². The minimum atomic E-state index is -3.80. The van der Waals surface area contributed by atoms with Crippen LogP contribution in [-0.2, 0) is 16.6 Å². The molecule has 5 nitrogen and oxygen atoms in total. The fourth-order valence-electron chi connectivity index (χ4n) is 1.68. The van der Waals surface area contributed by atoms with Gasteiger partial charge in [-0.3, -0.25) is 4.72 Å². The second kappa shape index (κ2) is 6.43. The second-order valence-corrected chi connectivity index (χ2v) is 7.77.